The Balaban J connectivity index is 0.000000213. The largest absolute Gasteiger partial charge is 2.00 e. The van der Waals surface area contributed by atoms with Crippen LogP contribution < -0.4 is 98.3 Å². The molecule has 8 aromatic rings. The van der Waals surface area contributed by atoms with Gasteiger partial charge in [-0.3, -0.25) is 11.3 Å². The summed E-state index contributed by atoms with van der Waals surface area (Å²) < 4.78 is 61.1. The minimum Gasteiger partial charge on any atom is -1.00 e. The van der Waals surface area contributed by atoms with Gasteiger partial charge in [-0.25, -0.2) is 0 Å². The van der Waals surface area contributed by atoms with Crippen molar-refractivity contribution in [2.75, 3.05) is 79.3 Å². The Labute approximate surface area is 524 Å². The fraction of sp³-hybridized carbons (Fsp3) is 0.304. The van der Waals surface area contributed by atoms with E-state index in [2.05, 4.69) is 40.4 Å². The Kier molecular flexibility index (Phi) is 28.4. The molecule has 0 aromatic carbocycles. The summed E-state index contributed by atoms with van der Waals surface area (Å²) in [6.45, 7) is 8.25. The molecule has 0 radical (unpaired) electrons. The molecule has 364 valence electrons. The summed E-state index contributed by atoms with van der Waals surface area (Å²) in [6.07, 6.45) is 2.56. The van der Waals surface area contributed by atoms with Crippen molar-refractivity contribution in [3.63, 3.8) is 0 Å². The zero-order valence-electron chi connectivity index (χ0n) is 37.8. The third-order valence-corrected chi connectivity index (χ3v) is 17.4. The van der Waals surface area contributed by atoms with Gasteiger partial charge in [0.2, 0.25) is 0 Å². The zero-order chi connectivity index (χ0) is 43.6. The van der Waals surface area contributed by atoms with Crippen molar-refractivity contribution in [2.45, 2.75) is 12.8 Å². The van der Waals surface area contributed by atoms with Gasteiger partial charge < -0.3 is 137 Å². The minimum atomic E-state index is 0. The molecule has 14 heterocycles. The van der Waals surface area contributed by atoms with E-state index in [1.54, 1.807) is 68.0 Å². The Bertz CT molecular complexity index is 2420. The maximum Gasteiger partial charge on any atom is 2.00 e. The molecular formula is C46H39Br3Mg3O11S8. The molecule has 8 aromatic heterocycles. The summed E-state index contributed by atoms with van der Waals surface area (Å²) in [5.41, 5.74) is 0. The van der Waals surface area contributed by atoms with Gasteiger partial charge >= 0.3 is 69.2 Å². The first-order valence-electron chi connectivity index (χ1n) is 20.6. The monoisotopic (exact) mass is 1330 g/mol. The van der Waals surface area contributed by atoms with Crippen molar-refractivity contribution in [1.29, 1.82) is 0 Å². The Morgan fingerprint density at radius 2 is 0.690 bits per heavy atom. The maximum absolute atomic E-state index is 5.79. The molecule has 1 saturated heterocycles. The number of fused-ring (bicyclic) bond motifs is 5. The van der Waals surface area contributed by atoms with Gasteiger partial charge in [-0.2, -0.15) is 0 Å². The van der Waals surface area contributed by atoms with E-state index in [4.69, 9.17) is 52.1 Å². The number of thiophene rings is 8. The van der Waals surface area contributed by atoms with Crippen molar-refractivity contribution in [3.8, 4) is 96.5 Å². The molecule has 0 amide bonds. The van der Waals surface area contributed by atoms with Crippen LogP contribution in [0.1, 0.15) is 12.8 Å². The summed E-state index contributed by atoms with van der Waals surface area (Å²) in [5, 5.41) is 18.6. The zero-order valence-corrected chi connectivity index (χ0v) is 53.3. The molecule has 0 spiro atoms. The van der Waals surface area contributed by atoms with Crippen molar-refractivity contribution < 1.29 is 103 Å². The average Bonchev–Trinajstić information content (AvgIpc) is 4.21. The van der Waals surface area contributed by atoms with E-state index in [1.165, 1.54) is 55.0 Å². The Hall–Kier alpha value is -0.701. The molecule has 11 nitrogen and oxygen atoms in total. The van der Waals surface area contributed by atoms with E-state index < -0.39 is 0 Å². The molecule has 0 N–H and O–H groups in total. The molecule has 71 heavy (non-hydrogen) atoms. The standard InChI is InChI=1S/2C16H12O4S3.C6H5O2S.C4H8O.C4H2S.3BrH.3Mg/c2*1-2-12(16-14-10(8-22-16)18-4-6-20-14)23-11(1)15-13-9(7-21-15)17-3-5-19-13;1-2-8-6-4-9-3-5(6)7-1;2*1-2-4-5-3-1;;;;;;/h2*1-2,7-8H,3-6H2;3H,1-2H2;1-4H2;1-2H;3*1H;;;/q;;-1;;-2;;;;3*+2/p-3. The van der Waals surface area contributed by atoms with Crippen LogP contribution in [0.3, 0.4) is 0 Å². The predicted molar refractivity (Wildman–Crippen MR) is 279 cm³/mol. The Morgan fingerprint density at radius 1 is 0.366 bits per heavy atom. The minimum absolute atomic E-state index is 0. The van der Waals surface area contributed by atoms with Crippen LogP contribution >= 0.6 is 90.7 Å². The van der Waals surface area contributed by atoms with Crippen LogP contribution in [-0.2, 0) is 4.74 Å². The van der Waals surface area contributed by atoms with Crippen LogP contribution in [0, 0.1) is 16.1 Å². The van der Waals surface area contributed by atoms with Crippen LogP contribution in [0.5, 0.6) is 57.5 Å². The number of rotatable bonds is 4. The van der Waals surface area contributed by atoms with Gasteiger partial charge in [-0.15, -0.1) is 73.4 Å². The van der Waals surface area contributed by atoms with Crippen molar-refractivity contribution in [2.24, 2.45) is 0 Å². The number of halogens is 3. The first-order chi connectivity index (χ1) is 32.3. The van der Waals surface area contributed by atoms with Gasteiger partial charge in [-0.05, 0) is 37.1 Å². The third kappa shape index (κ3) is 15.9. The van der Waals surface area contributed by atoms with Crippen LogP contribution in [0.15, 0.2) is 63.3 Å². The van der Waals surface area contributed by atoms with E-state index >= 15 is 0 Å². The van der Waals surface area contributed by atoms with Gasteiger partial charge in [0.25, 0.3) is 0 Å². The van der Waals surface area contributed by atoms with Crippen LogP contribution in [0.25, 0.3) is 39.0 Å². The summed E-state index contributed by atoms with van der Waals surface area (Å²) >= 11 is 13.1. The summed E-state index contributed by atoms with van der Waals surface area (Å²) in [6, 6.07) is 12.2. The van der Waals surface area contributed by atoms with E-state index in [0.29, 0.717) is 66.1 Å². The van der Waals surface area contributed by atoms with Gasteiger partial charge in [-0.1, -0.05) is 5.38 Å². The van der Waals surface area contributed by atoms with Crippen molar-refractivity contribution in [3.05, 3.63) is 79.4 Å². The summed E-state index contributed by atoms with van der Waals surface area (Å²) in [4.78, 5) is 9.31. The van der Waals surface area contributed by atoms with Crippen LogP contribution in [0.2, 0.25) is 0 Å². The van der Waals surface area contributed by atoms with E-state index in [1.807, 2.05) is 39.0 Å². The van der Waals surface area contributed by atoms with Gasteiger partial charge in [0.1, 0.15) is 66.1 Å². The second-order valence-corrected chi connectivity index (χ2v) is 20.9. The molecule has 0 unspecified atom stereocenters. The quantitative estimate of drug-likeness (QED) is 0.192. The Morgan fingerprint density at radius 3 is 0.986 bits per heavy atom. The first-order valence-corrected chi connectivity index (χ1v) is 27.5. The smallest absolute Gasteiger partial charge is 1.00 e. The van der Waals surface area contributed by atoms with Gasteiger partial charge in [0.05, 0.1) is 19.5 Å². The molecule has 6 aliphatic rings. The third-order valence-electron chi connectivity index (χ3n) is 9.60. The SMILES string of the molecule is C1CCOC1.[Br-].[Br-].[Br-].[Mg+2].[Mg+2].[Mg+2].[c-]1cc[c-]s1.[c-]1scc2c1OCCO2.c1cc(-c2scc3c2OCCO3)sc1-c1scc2c1OCCO2.c1cc(-c2scc3c2OCCO3)sc1-c1scc2c1OCCO2. The molecule has 6 aliphatic heterocycles. The molecule has 0 aliphatic carbocycles. The van der Waals surface area contributed by atoms with Gasteiger partial charge in [0, 0.05) is 65.7 Å². The molecule has 1 fully saturated rings. The number of ether oxygens (including phenoxy) is 11. The van der Waals surface area contributed by atoms with Crippen molar-refractivity contribution >= 4 is 160 Å². The topological polar surface area (TPSA) is 102 Å². The number of hydrogen-bond acceptors (Lipinski definition) is 19. The fourth-order valence-corrected chi connectivity index (χ4v) is 13.9. The molecule has 25 heteroatoms. The molecule has 14 rings (SSSR count). The van der Waals surface area contributed by atoms with E-state index in [0.717, 1.165) is 90.2 Å². The van der Waals surface area contributed by atoms with Gasteiger partial charge in [0.15, 0.2) is 46.0 Å². The summed E-state index contributed by atoms with van der Waals surface area (Å²) in [5.74, 6) is 8.55. The second kappa shape index (κ2) is 32.1. The summed E-state index contributed by atoms with van der Waals surface area (Å²) in [7, 11) is 0. The van der Waals surface area contributed by atoms with Crippen LogP contribution in [-0.4, -0.2) is 148 Å². The average molecular weight is 1340 g/mol. The normalized spacial score (nSPS) is 14.4. The molecule has 0 atom stereocenters. The molecular weight excluding hydrogens is 1300 g/mol. The molecule has 0 saturated carbocycles. The fourth-order valence-electron chi connectivity index (χ4n) is 6.71. The first kappa shape index (κ1) is 62.8. The second-order valence-electron chi connectivity index (χ2n) is 13.9. The van der Waals surface area contributed by atoms with Crippen molar-refractivity contribution in [1.82, 2.24) is 0 Å². The van der Waals surface area contributed by atoms with Crippen LogP contribution in [0.4, 0.5) is 0 Å². The number of hydrogen-bond donors (Lipinski definition) is 0. The molecule has 0 bridgehead atoms. The maximum atomic E-state index is 5.79. The van der Waals surface area contributed by atoms with E-state index in [9.17, 15) is 0 Å². The van der Waals surface area contributed by atoms with E-state index in [-0.39, 0.29) is 120 Å². The predicted octanol–water partition coefficient (Wildman–Crippen LogP) is 2.83.